The highest BCUT2D eigenvalue weighted by Gasteiger charge is 2.30. The molecule has 3 aromatic carbocycles. The van der Waals surface area contributed by atoms with Crippen LogP contribution in [0, 0.1) is 0 Å². The van der Waals surface area contributed by atoms with Crippen molar-refractivity contribution in [3.63, 3.8) is 0 Å². The number of halogens is 3. The van der Waals surface area contributed by atoms with Gasteiger partial charge in [0.2, 0.25) is 5.91 Å². The van der Waals surface area contributed by atoms with Crippen LogP contribution in [0.2, 0.25) is 15.1 Å². The van der Waals surface area contributed by atoms with Crippen molar-refractivity contribution >= 4 is 46.6 Å². The molecule has 0 aliphatic rings. The molecule has 0 saturated carbocycles. The van der Waals surface area contributed by atoms with E-state index < -0.39 is 6.04 Å². The minimum Gasteiger partial charge on any atom is -0.482 e. The molecule has 3 aromatic rings. The Bertz CT molecular complexity index is 1120. The molecule has 0 aliphatic heterocycles. The molecular formula is C27H27Cl3N2O3. The van der Waals surface area contributed by atoms with Crippen LogP contribution in [0.25, 0.3) is 0 Å². The maximum atomic E-state index is 13.5. The summed E-state index contributed by atoms with van der Waals surface area (Å²) in [6.07, 6.45) is 1.14. The number of hydrogen-bond donors (Lipinski definition) is 1. The highest BCUT2D eigenvalue weighted by atomic mass is 35.5. The lowest BCUT2D eigenvalue weighted by molar-refractivity contribution is -0.142. The molecule has 35 heavy (non-hydrogen) atoms. The standard InChI is InChI=1S/C27H27Cl3N2O3/c1-2-14-31-27(34)24(15-19-6-4-3-5-7-19)32(17-20-8-10-21(28)11-9-20)26(33)18-35-25-13-12-22(29)16-23(25)30/h3-13,16,24H,2,14-15,17-18H2,1H3,(H,31,34)/t24-/m0/s1. The minimum absolute atomic E-state index is 0.213. The minimum atomic E-state index is -0.739. The molecule has 0 heterocycles. The van der Waals surface area contributed by atoms with E-state index in [1.165, 1.54) is 0 Å². The molecule has 5 nitrogen and oxygen atoms in total. The van der Waals surface area contributed by atoms with E-state index in [0.29, 0.717) is 33.8 Å². The van der Waals surface area contributed by atoms with Crippen molar-refractivity contribution in [2.24, 2.45) is 0 Å². The Hall–Kier alpha value is -2.73. The summed E-state index contributed by atoms with van der Waals surface area (Å²) in [5.41, 5.74) is 1.79. The largest absolute Gasteiger partial charge is 0.482 e. The Morgan fingerprint density at radius 1 is 0.914 bits per heavy atom. The first-order chi connectivity index (χ1) is 16.9. The number of amides is 2. The molecule has 0 bridgehead atoms. The SMILES string of the molecule is CCCNC(=O)[C@H](Cc1ccccc1)N(Cc1ccc(Cl)cc1)C(=O)COc1ccc(Cl)cc1Cl. The van der Waals surface area contributed by atoms with Crippen LogP contribution in [0.15, 0.2) is 72.8 Å². The van der Waals surface area contributed by atoms with Crippen LogP contribution in [0.3, 0.4) is 0 Å². The molecule has 8 heteroatoms. The molecule has 0 unspecified atom stereocenters. The van der Waals surface area contributed by atoms with Gasteiger partial charge < -0.3 is 15.0 Å². The Morgan fingerprint density at radius 2 is 1.60 bits per heavy atom. The second-order valence-electron chi connectivity index (χ2n) is 8.01. The first-order valence-electron chi connectivity index (χ1n) is 11.3. The van der Waals surface area contributed by atoms with Crippen LogP contribution in [-0.2, 0) is 22.6 Å². The lowest BCUT2D eigenvalue weighted by Gasteiger charge is -2.31. The second-order valence-corrected chi connectivity index (χ2v) is 9.29. The number of nitrogens with zero attached hydrogens (tertiary/aromatic N) is 1. The highest BCUT2D eigenvalue weighted by molar-refractivity contribution is 6.35. The van der Waals surface area contributed by atoms with Gasteiger partial charge >= 0.3 is 0 Å². The maximum Gasteiger partial charge on any atom is 0.261 e. The summed E-state index contributed by atoms with van der Waals surface area (Å²) in [5.74, 6) is -0.230. The van der Waals surface area contributed by atoms with E-state index in [4.69, 9.17) is 39.5 Å². The Morgan fingerprint density at radius 3 is 2.26 bits per heavy atom. The molecule has 1 N–H and O–H groups in total. The van der Waals surface area contributed by atoms with Crippen molar-refractivity contribution < 1.29 is 14.3 Å². The lowest BCUT2D eigenvalue weighted by atomic mass is 10.0. The van der Waals surface area contributed by atoms with Crippen molar-refractivity contribution in [2.75, 3.05) is 13.2 Å². The van der Waals surface area contributed by atoms with Crippen molar-refractivity contribution in [1.29, 1.82) is 0 Å². The predicted molar refractivity (Wildman–Crippen MR) is 141 cm³/mol. The van der Waals surface area contributed by atoms with Gasteiger partial charge in [0, 0.05) is 29.6 Å². The van der Waals surface area contributed by atoms with Gasteiger partial charge in [-0.3, -0.25) is 9.59 Å². The summed E-state index contributed by atoms with van der Waals surface area (Å²) in [4.78, 5) is 28.3. The van der Waals surface area contributed by atoms with Crippen LogP contribution in [0.1, 0.15) is 24.5 Å². The number of benzene rings is 3. The first-order valence-corrected chi connectivity index (χ1v) is 12.4. The van der Waals surface area contributed by atoms with E-state index in [9.17, 15) is 9.59 Å². The van der Waals surface area contributed by atoms with E-state index in [0.717, 1.165) is 17.5 Å². The zero-order valence-corrected chi connectivity index (χ0v) is 21.6. The molecule has 0 aliphatic carbocycles. The number of carbonyl (C=O) groups excluding carboxylic acids is 2. The molecule has 0 aromatic heterocycles. The molecule has 0 saturated heterocycles. The quantitative estimate of drug-likeness (QED) is 0.320. The van der Waals surface area contributed by atoms with Crippen molar-refractivity contribution in [1.82, 2.24) is 10.2 Å². The summed E-state index contributed by atoms with van der Waals surface area (Å²) < 4.78 is 5.72. The Labute approximate surface area is 220 Å². The van der Waals surface area contributed by atoms with Crippen molar-refractivity contribution in [2.45, 2.75) is 32.4 Å². The predicted octanol–water partition coefficient (Wildman–Crippen LogP) is 6.19. The molecule has 0 spiro atoms. The monoisotopic (exact) mass is 532 g/mol. The van der Waals surface area contributed by atoms with Gasteiger partial charge in [-0.25, -0.2) is 0 Å². The van der Waals surface area contributed by atoms with E-state index in [1.807, 2.05) is 49.4 Å². The normalized spacial score (nSPS) is 11.5. The number of rotatable bonds is 11. The molecule has 2 amide bonds. The van der Waals surface area contributed by atoms with E-state index in [2.05, 4.69) is 5.32 Å². The smallest absolute Gasteiger partial charge is 0.261 e. The van der Waals surface area contributed by atoms with Gasteiger partial charge in [-0.2, -0.15) is 0 Å². The fourth-order valence-corrected chi connectivity index (χ4v) is 4.11. The van der Waals surface area contributed by atoms with E-state index in [1.54, 1.807) is 35.2 Å². The third-order valence-electron chi connectivity index (χ3n) is 5.33. The van der Waals surface area contributed by atoms with E-state index >= 15 is 0 Å². The van der Waals surface area contributed by atoms with Crippen molar-refractivity contribution in [3.05, 3.63) is 99.0 Å². The van der Waals surface area contributed by atoms with Gasteiger partial charge in [-0.1, -0.05) is 84.2 Å². The number of hydrogen-bond acceptors (Lipinski definition) is 3. The highest BCUT2D eigenvalue weighted by Crippen LogP contribution is 2.27. The maximum absolute atomic E-state index is 13.5. The summed E-state index contributed by atoms with van der Waals surface area (Å²) in [6, 6.07) is 20.8. The fourth-order valence-electron chi connectivity index (χ4n) is 3.52. The van der Waals surface area contributed by atoms with Gasteiger partial charge in [-0.15, -0.1) is 0 Å². The van der Waals surface area contributed by atoms with Crippen LogP contribution < -0.4 is 10.1 Å². The Balaban J connectivity index is 1.89. The second kappa shape index (κ2) is 13.4. The molecule has 184 valence electrons. The summed E-state index contributed by atoms with van der Waals surface area (Å²) in [5, 5.41) is 4.30. The third kappa shape index (κ3) is 8.17. The fraction of sp³-hybridized carbons (Fsp3) is 0.259. The van der Waals surface area contributed by atoms with Crippen LogP contribution in [-0.4, -0.2) is 35.9 Å². The molecular weight excluding hydrogens is 507 g/mol. The average molecular weight is 534 g/mol. The lowest BCUT2D eigenvalue weighted by Crippen LogP contribution is -2.51. The molecule has 1 atom stereocenters. The molecule has 3 rings (SSSR count). The van der Waals surface area contributed by atoms with Gasteiger partial charge in [0.1, 0.15) is 11.8 Å². The van der Waals surface area contributed by atoms with Gasteiger partial charge in [0.15, 0.2) is 6.61 Å². The Kier molecular flexibility index (Phi) is 10.3. The van der Waals surface area contributed by atoms with Crippen LogP contribution in [0.4, 0.5) is 0 Å². The van der Waals surface area contributed by atoms with Gasteiger partial charge in [0.25, 0.3) is 5.91 Å². The average Bonchev–Trinajstić information content (AvgIpc) is 2.85. The van der Waals surface area contributed by atoms with Crippen LogP contribution >= 0.6 is 34.8 Å². The zero-order chi connectivity index (χ0) is 25.2. The van der Waals surface area contributed by atoms with Gasteiger partial charge in [0.05, 0.1) is 5.02 Å². The summed E-state index contributed by atoms with van der Waals surface area (Å²) in [7, 11) is 0. The molecule has 0 radical (unpaired) electrons. The van der Waals surface area contributed by atoms with E-state index in [-0.39, 0.29) is 25.0 Å². The number of ether oxygens (including phenoxy) is 1. The summed E-state index contributed by atoms with van der Waals surface area (Å²) in [6.45, 7) is 2.42. The summed E-state index contributed by atoms with van der Waals surface area (Å²) >= 11 is 18.2. The number of nitrogens with one attached hydrogen (secondary N) is 1. The third-order valence-corrected chi connectivity index (χ3v) is 6.11. The number of carbonyl (C=O) groups is 2. The van der Waals surface area contributed by atoms with Crippen LogP contribution in [0.5, 0.6) is 5.75 Å². The first kappa shape index (κ1) is 26.9. The van der Waals surface area contributed by atoms with Crippen molar-refractivity contribution in [3.8, 4) is 5.75 Å². The van der Waals surface area contributed by atoms with Gasteiger partial charge in [-0.05, 0) is 47.9 Å². The zero-order valence-electron chi connectivity index (χ0n) is 19.3. The topological polar surface area (TPSA) is 58.6 Å². The molecule has 0 fully saturated rings.